The monoisotopic (exact) mass is 374 g/mol. The van der Waals surface area contributed by atoms with Crippen LogP contribution >= 0.6 is 0 Å². The van der Waals surface area contributed by atoms with Crippen molar-refractivity contribution in [1.29, 1.82) is 0 Å². The van der Waals surface area contributed by atoms with E-state index in [2.05, 4.69) is 71.0 Å². The summed E-state index contributed by atoms with van der Waals surface area (Å²) in [5.41, 5.74) is 3.38. The summed E-state index contributed by atoms with van der Waals surface area (Å²) in [5.74, 6) is 4.03. The molecule has 0 N–H and O–H groups in total. The number of benzene rings is 2. The number of fused-ring (bicyclic) bond motifs is 7. The lowest BCUT2D eigenvalue weighted by molar-refractivity contribution is -0.161. The second-order valence-electron chi connectivity index (χ2n) is 10.5. The van der Waals surface area contributed by atoms with Crippen molar-refractivity contribution in [3.05, 3.63) is 47.5 Å². The Kier molecular flexibility index (Phi) is 4.06. The maximum atomic E-state index is 13.0. The van der Waals surface area contributed by atoms with Crippen LogP contribution in [0.3, 0.4) is 0 Å². The highest BCUT2D eigenvalue weighted by Crippen LogP contribution is 2.65. The smallest absolute Gasteiger partial charge is 0.139 e. The largest absolute Gasteiger partial charge is 0.299 e. The average Bonchev–Trinajstić information content (AvgIpc) is 2.71. The van der Waals surface area contributed by atoms with Crippen molar-refractivity contribution in [1.82, 2.24) is 0 Å². The molecule has 28 heavy (non-hydrogen) atoms. The van der Waals surface area contributed by atoms with Crippen LogP contribution in [-0.4, -0.2) is 5.78 Å². The number of hydrogen-bond donors (Lipinski definition) is 0. The van der Waals surface area contributed by atoms with Gasteiger partial charge in [-0.2, -0.15) is 0 Å². The minimum Gasteiger partial charge on any atom is -0.299 e. The number of carbonyl (C=O) groups excluding carboxylic acids is 1. The molecule has 3 aliphatic rings. The standard InChI is InChI=1S/C27H34O/c1-15-14-24-22-11-10-19-8-6-7-9-20(19)21(22)12-13-23(24)25-16(2)17(3)26(28)18(4)27(15,25)5/h6-11,15-18,23-25H,12-14H2,1-5H3. The molecule has 0 aliphatic heterocycles. The molecule has 3 aliphatic carbocycles. The molecule has 2 fully saturated rings. The Morgan fingerprint density at radius 2 is 1.75 bits per heavy atom. The van der Waals surface area contributed by atoms with Crippen LogP contribution in [0.5, 0.6) is 0 Å². The molecular weight excluding hydrogens is 340 g/mol. The van der Waals surface area contributed by atoms with Crippen molar-refractivity contribution in [3.8, 4) is 0 Å². The van der Waals surface area contributed by atoms with E-state index in [4.69, 9.17) is 0 Å². The van der Waals surface area contributed by atoms with Gasteiger partial charge in [-0.3, -0.25) is 4.79 Å². The summed E-state index contributed by atoms with van der Waals surface area (Å²) in [6.45, 7) is 11.7. The van der Waals surface area contributed by atoms with Crippen molar-refractivity contribution in [2.24, 2.45) is 40.9 Å². The van der Waals surface area contributed by atoms with E-state index in [9.17, 15) is 4.79 Å². The molecule has 0 heterocycles. The van der Waals surface area contributed by atoms with Gasteiger partial charge < -0.3 is 0 Å². The summed E-state index contributed by atoms with van der Waals surface area (Å²) in [6.07, 6.45) is 3.72. The highest BCUT2D eigenvalue weighted by atomic mass is 16.1. The fourth-order valence-electron chi connectivity index (χ4n) is 7.82. The Bertz CT molecular complexity index is 942. The number of aryl methyl sites for hydroxylation is 1. The van der Waals surface area contributed by atoms with Gasteiger partial charge in [0.15, 0.2) is 0 Å². The van der Waals surface area contributed by atoms with E-state index in [1.165, 1.54) is 30.0 Å². The zero-order chi connectivity index (χ0) is 19.8. The first-order valence-corrected chi connectivity index (χ1v) is 11.4. The van der Waals surface area contributed by atoms with E-state index in [1.807, 2.05) is 0 Å². The zero-order valence-corrected chi connectivity index (χ0v) is 18.0. The lowest BCUT2D eigenvalue weighted by Crippen LogP contribution is -2.59. The molecule has 0 saturated heterocycles. The topological polar surface area (TPSA) is 17.1 Å². The quantitative estimate of drug-likeness (QED) is 0.505. The maximum absolute atomic E-state index is 13.0. The van der Waals surface area contributed by atoms with Gasteiger partial charge >= 0.3 is 0 Å². The Balaban J connectivity index is 1.64. The van der Waals surface area contributed by atoms with E-state index in [0.29, 0.717) is 29.5 Å². The molecule has 0 bridgehead atoms. The van der Waals surface area contributed by atoms with Crippen molar-refractivity contribution in [2.45, 2.75) is 59.8 Å². The van der Waals surface area contributed by atoms with Crippen LogP contribution in [0.4, 0.5) is 0 Å². The van der Waals surface area contributed by atoms with Crippen LogP contribution < -0.4 is 0 Å². The Labute approximate surface area is 169 Å². The van der Waals surface area contributed by atoms with E-state index >= 15 is 0 Å². The molecule has 0 radical (unpaired) electrons. The Morgan fingerprint density at radius 1 is 1.00 bits per heavy atom. The molecule has 0 spiro atoms. The van der Waals surface area contributed by atoms with Crippen LogP contribution in [0.15, 0.2) is 36.4 Å². The van der Waals surface area contributed by atoms with E-state index < -0.39 is 0 Å². The van der Waals surface area contributed by atoms with Gasteiger partial charge in [0.05, 0.1) is 0 Å². The third-order valence-electron chi connectivity index (χ3n) is 9.73. The SMILES string of the molecule is CC1C(=O)C(C)C2(C)C(C)CC3c4ccc5ccccc5c4CCC3C2C1C. The van der Waals surface area contributed by atoms with Gasteiger partial charge in [0.25, 0.3) is 0 Å². The van der Waals surface area contributed by atoms with E-state index in [0.717, 1.165) is 5.92 Å². The summed E-state index contributed by atoms with van der Waals surface area (Å²) in [7, 11) is 0. The normalized spacial score (nSPS) is 42.6. The molecule has 0 aromatic heterocycles. The summed E-state index contributed by atoms with van der Waals surface area (Å²) in [4.78, 5) is 13.0. The van der Waals surface area contributed by atoms with Gasteiger partial charge in [-0.05, 0) is 76.2 Å². The first kappa shape index (κ1) is 18.4. The molecule has 1 nitrogen and oxygen atoms in total. The van der Waals surface area contributed by atoms with E-state index in [-0.39, 0.29) is 17.3 Å². The lowest BCUT2D eigenvalue weighted by Gasteiger charge is -2.62. The van der Waals surface area contributed by atoms with Gasteiger partial charge in [-0.15, -0.1) is 0 Å². The minimum absolute atomic E-state index is 0.151. The van der Waals surface area contributed by atoms with Gasteiger partial charge in [-0.25, -0.2) is 0 Å². The van der Waals surface area contributed by atoms with Crippen LogP contribution in [0.1, 0.15) is 64.5 Å². The summed E-state index contributed by atoms with van der Waals surface area (Å²) in [6, 6.07) is 13.7. The second kappa shape index (κ2) is 6.18. The first-order chi connectivity index (χ1) is 13.4. The molecule has 1 heteroatoms. The third kappa shape index (κ3) is 2.22. The van der Waals surface area contributed by atoms with Crippen LogP contribution in [0.2, 0.25) is 0 Å². The minimum atomic E-state index is 0.151. The maximum Gasteiger partial charge on any atom is 0.139 e. The van der Waals surface area contributed by atoms with Crippen molar-refractivity contribution >= 4 is 16.6 Å². The summed E-state index contributed by atoms with van der Waals surface area (Å²) >= 11 is 0. The van der Waals surface area contributed by atoms with Crippen LogP contribution in [0, 0.1) is 40.9 Å². The predicted octanol–water partition coefficient (Wildman–Crippen LogP) is 6.64. The second-order valence-corrected chi connectivity index (χ2v) is 10.5. The Morgan fingerprint density at radius 3 is 2.54 bits per heavy atom. The van der Waals surface area contributed by atoms with Gasteiger partial charge in [0.2, 0.25) is 0 Å². The number of rotatable bonds is 0. The highest BCUT2D eigenvalue weighted by Gasteiger charge is 2.60. The predicted molar refractivity (Wildman–Crippen MR) is 116 cm³/mol. The number of ketones is 1. The number of carbonyl (C=O) groups is 1. The molecule has 2 aromatic rings. The molecule has 8 unspecified atom stereocenters. The molecule has 8 atom stereocenters. The van der Waals surface area contributed by atoms with Gasteiger partial charge in [0.1, 0.15) is 5.78 Å². The highest BCUT2D eigenvalue weighted by molar-refractivity contribution is 5.87. The Hall–Kier alpha value is -1.63. The number of Topliss-reactive ketones (excluding diaryl/α,β-unsaturated/α-hetero) is 1. The zero-order valence-electron chi connectivity index (χ0n) is 18.0. The molecule has 148 valence electrons. The van der Waals surface area contributed by atoms with Crippen LogP contribution in [0.25, 0.3) is 10.8 Å². The van der Waals surface area contributed by atoms with Gasteiger partial charge in [0, 0.05) is 11.8 Å². The van der Waals surface area contributed by atoms with E-state index in [1.54, 1.807) is 11.1 Å². The fraction of sp³-hybridized carbons (Fsp3) is 0.593. The fourth-order valence-corrected chi connectivity index (χ4v) is 7.82. The molecule has 2 saturated carbocycles. The molecular formula is C27H34O. The molecule has 5 rings (SSSR count). The summed E-state index contributed by atoms with van der Waals surface area (Å²) < 4.78 is 0. The van der Waals surface area contributed by atoms with Gasteiger partial charge in [-0.1, -0.05) is 71.0 Å². The van der Waals surface area contributed by atoms with Crippen molar-refractivity contribution in [2.75, 3.05) is 0 Å². The lowest BCUT2D eigenvalue weighted by atomic mass is 9.41. The average molecular weight is 375 g/mol. The molecule has 2 aromatic carbocycles. The summed E-state index contributed by atoms with van der Waals surface area (Å²) in [5, 5.41) is 2.85. The van der Waals surface area contributed by atoms with Crippen molar-refractivity contribution < 1.29 is 4.79 Å². The van der Waals surface area contributed by atoms with Crippen LogP contribution in [-0.2, 0) is 11.2 Å². The number of hydrogen-bond acceptors (Lipinski definition) is 1. The molecule has 0 amide bonds. The first-order valence-electron chi connectivity index (χ1n) is 11.4. The third-order valence-corrected chi connectivity index (χ3v) is 9.73. The van der Waals surface area contributed by atoms with Crippen molar-refractivity contribution in [3.63, 3.8) is 0 Å².